The number of anilines is 1. The van der Waals surface area contributed by atoms with Crippen molar-refractivity contribution < 1.29 is 9.53 Å². The van der Waals surface area contributed by atoms with E-state index in [4.69, 9.17) is 16.3 Å². The first kappa shape index (κ1) is 19.2. The van der Waals surface area contributed by atoms with Crippen molar-refractivity contribution in [2.24, 2.45) is 0 Å². The van der Waals surface area contributed by atoms with E-state index in [0.29, 0.717) is 13.0 Å². The van der Waals surface area contributed by atoms with Gasteiger partial charge in [0.1, 0.15) is 0 Å². The molecular formula is C20H23ClN2O2S. The highest BCUT2D eigenvalue weighted by Gasteiger charge is 2.22. The maximum Gasteiger partial charge on any atom is 0.225 e. The van der Waals surface area contributed by atoms with Crippen LogP contribution in [0.25, 0.3) is 0 Å². The van der Waals surface area contributed by atoms with Crippen LogP contribution >= 0.6 is 23.4 Å². The Morgan fingerprint density at radius 1 is 1.27 bits per heavy atom. The molecule has 1 aliphatic rings. The first-order valence-corrected chi connectivity index (χ1v) is 10.3. The van der Waals surface area contributed by atoms with E-state index in [-0.39, 0.29) is 12.0 Å². The number of rotatable bonds is 6. The molecule has 3 rings (SSSR count). The summed E-state index contributed by atoms with van der Waals surface area (Å²) >= 11 is 7.59. The first-order chi connectivity index (χ1) is 12.7. The van der Waals surface area contributed by atoms with Crippen molar-refractivity contribution in [1.82, 2.24) is 4.90 Å². The van der Waals surface area contributed by atoms with Gasteiger partial charge in [0.25, 0.3) is 0 Å². The Balaban J connectivity index is 1.51. The van der Waals surface area contributed by atoms with Crippen molar-refractivity contribution in [2.45, 2.75) is 17.4 Å². The summed E-state index contributed by atoms with van der Waals surface area (Å²) in [5.74, 6) is 0.0426. The Morgan fingerprint density at radius 3 is 2.81 bits per heavy atom. The number of halogens is 1. The highest BCUT2D eigenvalue weighted by molar-refractivity contribution is 7.98. The number of carbonyl (C=O) groups excluding carboxylic acids is 1. The second-order valence-electron chi connectivity index (χ2n) is 6.21. The van der Waals surface area contributed by atoms with Gasteiger partial charge >= 0.3 is 0 Å². The van der Waals surface area contributed by atoms with E-state index in [1.165, 1.54) is 0 Å². The fraction of sp³-hybridized carbons (Fsp3) is 0.350. The van der Waals surface area contributed by atoms with Crippen molar-refractivity contribution in [3.63, 3.8) is 0 Å². The number of amides is 1. The second kappa shape index (κ2) is 9.42. The minimum absolute atomic E-state index is 0.0290. The average Bonchev–Trinajstić information content (AvgIpc) is 2.67. The molecule has 1 atom stereocenters. The molecule has 2 aromatic carbocycles. The topological polar surface area (TPSA) is 41.6 Å². The molecule has 0 bridgehead atoms. The first-order valence-electron chi connectivity index (χ1n) is 8.68. The van der Waals surface area contributed by atoms with Crippen molar-refractivity contribution >= 4 is 35.0 Å². The van der Waals surface area contributed by atoms with Crippen LogP contribution in [0.5, 0.6) is 0 Å². The summed E-state index contributed by atoms with van der Waals surface area (Å²) in [6, 6.07) is 15.6. The number of ether oxygens (including phenoxy) is 1. The Kier molecular flexibility index (Phi) is 6.97. The molecule has 1 N–H and O–H groups in total. The van der Waals surface area contributed by atoms with Gasteiger partial charge < -0.3 is 10.1 Å². The molecule has 1 aliphatic heterocycles. The Hall–Kier alpha value is -1.53. The monoisotopic (exact) mass is 390 g/mol. The quantitative estimate of drug-likeness (QED) is 0.739. The lowest BCUT2D eigenvalue weighted by Crippen LogP contribution is -2.39. The molecular weight excluding hydrogens is 368 g/mol. The molecule has 0 aliphatic carbocycles. The lowest BCUT2D eigenvalue weighted by Gasteiger charge is -2.33. The molecule has 0 radical (unpaired) electrons. The Labute approximate surface area is 163 Å². The fourth-order valence-corrected chi connectivity index (χ4v) is 3.68. The van der Waals surface area contributed by atoms with Gasteiger partial charge in [-0.2, -0.15) is 0 Å². The van der Waals surface area contributed by atoms with Crippen molar-refractivity contribution in [2.75, 3.05) is 37.8 Å². The van der Waals surface area contributed by atoms with E-state index in [9.17, 15) is 4.79 Å². The minimum Gasteiger partial charge on any atom is -0.371 e. The van der Waals surface area contributed by atoms with Crippen LogP contribution in [0.4, 0.5) is 5.69 Å². The number of benzene rings is 2. The van der Waals surface area contributed by atoms with Crippen LogP contribution < -0.4 is 5.32 Å². The molecule has 26 heavy (non-hydrogen) atoms. The SMILES string of the molecule is CSc1ccccc1NC(=O)CCN1CCO[C@H](c2ccc(Cl)cc2)C1. The maximum absolute atomic E-state index is 12.3. The molecule has 1 amide bonds. The van der Waals surface area contributed by atoms with Crippen LogP contribution in [0.3, 0.4) is 0 Å². The highest BCUT2D eigenvalue weighted by atomic mass is 35.5. The number of carbonyl (C=O) groups is 1. The summed E-state index contributed by atoms with van der Waals surface area (Å²) < 4.78 is 5.88. The summed E-state index contributed by atoms with van der Waals surface area (Å²) in [5.41, 5.74) is 2.00. The Bertz CT molecular complexity index is 739. The van der Waals surface area contributed by atoms with Crippen LogP contribution in [-0.4, -0.2) is 43.3 Å². The molecule has 6 heteroatoms. The van der Waals surface area contributed by atoms with Gasteiger partial charge in [0.2, 0.25) is 5.91 Å². The molecule has 0 unspecified atom stereocenters. The van der Waals surface area contributed by atoms with Crippen LogP contribution in [0.15, 0.2) is 53.4 Å². The van der Waals surface area contributed by atoms with E-state index in [1.807, 2.05) is 54.8 Å². The summed E-state index contributed by atoms with van der Waals surface area (Å²) in [6.07, 6.45) is 2.51. The van der Waals surface area contributed by atoms with E-state index in [1.54, 1.807) is 11.8 Å². The van der Waals surface area contributed by atoms with Crippen LogP contribution in [-0.2, 0) is 9.53 Å². The van der Waals surface area contributed by atoms with Gasteiger partial charge in [0.15, 0.2) is 0 Å². The smallest absolute Gasteiger partial charge is 0.225 e. The number of hydrogen-bond donors (Lipinski definition) is 1. The number of hydrogen-bond acceptors (Lipinski definition) is 4. The van der Waals surface area contributed by atoms with Crippen LogP contribution in [0.2, 0.25) is 5.02 Å². The molecule has 0 spiro atoms. The number of thioether (sulfide) groups is 1. The van der Waals surface area contributed by atoms with Gasteiger partial charge in [-0.15, -0.1) is 11.8 Å². The van der Waals surface area contributed by atoms with E-state index < -0.39 is 0 Å². The Morgan fingerprint density at radius 2 is 2.04 bits per heavy atom. The van der Waals surface area contributed by atoms with E-state index in [0.717, 1.165) is 40.8 Å². The van der Waals surface area contributed by atoms with Crippen LogP contribution in [0, 0.1) is 0 Å². The lowest BCUT2D eigenvalue weighted by atomic mass is 10.1. The fourth-order valence-electron chi connectivity index (χ4n) is 3.00. The third-order valence-electron chi connectivity index (χ3n) is 4.43. The lowest BCUT2D eigenvalue weighted by molar-refractivity contribution is -0.117. The average molecular weight is 391 g/mol. The van der Waals surface area contributed by atoms with E-state index >= 15 is 0 Å². The molecule has 2 aromatic rings. The number of morpholine rings is 1. The predicted octanol–water partition coefficient (Wildman–Crippen LogP) is 4.46. The van der Waals surface area contributed by atoms with Crippen molar-refractivity contribution in [3.05, 3.63) is 59.1 Å². The van der Waals surface area contributed by atoms with Crippen molar-refractivity contribution in [3.8, 4) is 0 Å². The summed E-state index contributed by atoms with van der Waals surface area (Å²) in [4.78, 5) is 15.7. The predicted molar refractivity (Wildman–Crippen MR) is 108 cm³/mol. The molecule has 138 valence electrons. The van der Waals surface area contributed by atoms with Gasteiger partial charge in [0, 0.05) is 36.0 Å². The van der Waals surface area contributed by atoms with Gasteiger partial charge in [-0.25, -0.2) is 0 Å². The van der Waals surface area contributed by atoms with Gasteiger partial charge in [-0.3, -0.25) is 9.69 Å². The highest BCUT2D eigenvalue weighted by Crippen LogP contribution is 2.25. The molecule has 4 nitrogen and oxygen atoms in total. The maximum atomic E-state index is 12.3. The zero-order chi connectivity index (χ0) is 18.4. The molecule has 0 aromatic heterocycles. The van der Waals surface area contributed by atoms with E-state index in [2.05, 4.69) is 10.2 Å². The standard InChI is InChI=1S/C20H23ClN2O2S/c1-26-19-5-3-2-4-17(19)22-20(24)10-11-23-12-13-25-18(14-23)15-6-8-16(21)9-7-15/h2-9,18H,10-14H2,1H3,(H,22,24)/t18-/m0/s1. The molecule has 0 saturated carbocycles. The van der Waals surface area contributed by atoms with Crippen molar-refractivity contribution in [1.29, 1.82) is 0 Å². The normalized spacial score (nSPS) is 17.8. The van der Waals surface area contributed by atoms with Gasteiger partial charge in [-0.05, 0) is 36.1 Å². The molecule has 1 saturated heterocycles. The summed E-state index contributed by atoms with van der Waals surface area (Å²) in [7, 11) is 0. The summed E-state index contributed by atoms with van der Waals surface area (Å²) in [5, 5.41) is 3.74. The second-order valence-corrected chi connectivity index (χ2v) is 7.49. The third-order valence-corrected chi connectivity index (χ3v) is 5.48. The minimum atomic E-state index is 0.0290. The molecule has 1 heterocycles. The third kappa shape index (κ3) is 5.24. The van der Waals surface area contributed by atoms with Crippen LogP contribution in [0.1, 0.15) is 18.1 Å². The summed E-state index contributed by atoms with van der Waals surface area (Å²) in [6.45, 7) is 3.03. The largest absolute Gasteiger partial charge is 0.371 e. The van der Waals surface area contributed by atoms with Gasteiger partial charge in [-0.1, -0.05) is 35.9 Å². The van der Waals surface area contributed by atoms with Gasteiger partial charge in [0.05, 0.1) is 18.4 Å². The molecule has 1 fully saturated rings. The number of nitrogens with zero attached hydrogens (tertiary/aromatic N) is 1. The zero-order valence-electron chi connectivity index (χ0n) is 14.8. The zero-order valence-corrected chi connectivity index (χ0v) is 16.4. The number of para-hydroxylation sites is 1. The number of nitrogens with one attached hydrogen (secondary N) is 1.